The lowest BCUT2D eigenvalue weighted by molar-refractivity contribution is -0.132. The van der Waals surface area contributed by atoms with Gasteiger partial charge in [-0.25, -0.2) is 8.42 Å². The normalized spacial score (nSPS) is 21.3. The van der Waals surface area contributed by atoms with Crippen molar-refractivity contribution in [2.75, 3.05) is 23.9 Å². The zero-order valence-corrected chi connectivity index (χ0v) is 15.8. The van der Waals surface area contributed by atoms with Gasteiger partial charge in [-0.2, -0.15) is 0 Å². The van der Waals surface area contributed by atoms with Crippen molar-refractivity contribution in [3.05, 3.63) is 36.4 Å². The molecule has 0 spiro atoms. The zero-order chi connectivity index (χ0) is 18.3. The quantitative estimate of drug-likeness (QED) is 0.827. The molecule has 2 aliphatic heterocycles. The van der Waals surface area contributed by atoms with E-state index < -0.39 is 10.0 Å². The van der Waals surface area contributed by atoms with Gasteiger partial charge in [-0.3, -0.25) is 9.10 Å². The maximum Gasteiger partial charge on any atom is 0.265 e. The zero-order valence-electron chi connectivity index (χ0n) is 15.0. The van der Waals surface area contributed by atoms with E-state index in [1.807, 2.05) is 29.2 Å². The van der Waals surface area contributed by atoms with Crippen molar-refractivity contribution in [3.8, 4) is 0 Å². The molecule has 2 aliphatic rings. The Balaban J connectivity index is 1.48. The summed E-state index contributed by atoms with van der Waals surface area (Å²) in [6, 6.07) is 11.1. The highest BCUT2D eigenvalue weighted by Gasteiger charge is 2.35. The van der Waals surface area contributed by atoms with Crippen LogP contribution in [0.2, 0.25) is 0 Å². The van der Waals surface area contributed by atoms with Crippen molar-refractivity contribution < 1.29 is 13.2 Å². The van der Waals surface area contributed by atoms with Crippen molar-refractivity contribution in [2.45, 2.75) is 37.5 Å². The van der Waals surface area contributed by atoms with E-state index in [2.05, 4.69) is 6.92 Å². The Labute approximate surface area is 154 Å². The fourth-order valence-electron chi connectivity index (χ4n) is 4.15. The molecule has 1 amide bonds. The van der Waals surface area contributed by atoms with Gasteiger partial charge in [0.15, 0.2) is 0 Å². The molecule has 26 heavy (non-hydrogen) atoms. The topological polar surface area (TPSA) is 57.7 Å². The Kier molecular flexibility index (Phi) is 4.39. The number of hydrogen-bond acceptors (Lipinski definition) is 3. The van der Waals surface area contributed by atoms with Crippen molar-refractivity contribution in [2.24, 2.45) is 5.92 Å². The largest absolute Gasteiger partial charge is 0.342 e. The highest BCUT2D eigenvalue weighted by Crippen LogP contribution is 2.41. The van der Waals surface area contributed by atoms with Gasteiger partial charge in [0, 0.05) is 31.4 Å². The molecular formula is C20H24N2O3S. The summed E-state index contributed by atoms with van der Waals surface area (Å²) in [5.41, 5.74) is 0.733. The number of benzene rings is 2. The van der Waals surface area contributed by atoms with Crippen molar-refractivity contribution in [3.63, 3.8) is 0 Å². The molecule has 6 heteroatoms. The molecule has 1 unspecified atom stereocenters. The first-order valence-corrected chi connectivity index (χ1v) is 10.7. The molecule has 4 rings (SSSR count). The average Bonchev–Trinajstić information content (AvgIpc) is 2.85. The van der Waals surface area contributed by atoms with Gasteiger partial charge in [0.05, 0.1) is 10.6 Å². The summed E-state index contributed by atoms with van der Waals surface area (Å²) in [5, 5.41) is 1.73. The summed E-state index contributed by atoms with van der Waals surface area (Å²) in [5.74, 6) is 0.697. The van der Waals surface area contributed by atoms with Crippen molar-refractivity contribution in [1.82, 2.24) is 4.90 Å². The molecule has 1 atom stereocenters. The second-order valence-corrected chi connectivity index (χ2v) is 9.23. The van der Waals surface area contributed by atoms with Crippen LogP contribution in [-0.2, 0) is 14.8 Å². The number of hydrogen-bond donors (Lipinski definition) is 0. The fourth-order valence-corrected chi connectivity index (χ4v) is 5.90. The maximum absolute atomic E-state index is 12.9. The fraction of sp³-hybridized carbons (Fsp3) is 0.450. The number of amides is 1. The van der Waals surface area contributed by atoms with E-state index in [9.17, 15) is 13.2 Å². The minimum Gasteiger partial charge on any atom is -0.342 e. The van der Waals surface area contributed by atoms with Gasteiger partial charge >= 0.3 is 0 Å². The molecule has 0 N–H and O–H groups in total. The van der Waals surface area contributed by atoms with Crippen LogP contribution in [0.1, 0.15) is 32.6 Å². The first-order valence-electron chi connectivity index (χ1n) is 9.31. The van der Waals surface area contributed by atoms with E-state index in [1.54, 1.807) is 12.1 Å². The molecule has 138 valence electrons. The molecule has 1 saturated heterocycles. The molecule has 2 aromatic rings. The van der Waals surface area contributed by atoms with Crippen LogP contribution in [0.25, 0.3) is 10.8 Å². The summed E-state index contributed by atoms with van der Waals surface area (Å²) in [4.78, 5) is 14.8. The van der Waals surface area contributed by atoms with Gasteiger partial charge in [0.2, 0.25) is 5.91 Å². The highest BCUT2D eigenvalue weighted by molar-refractivity contribution is 7.93. The van der Waals surface area contributed by atoms with Crippen LogP contribution in [0.4, 0.5) is 5.69 Å². The molecule has 2 aromatic carbocycles. The van der Waals surface area contributed by atoms with Crippen LogP contribution in [0.15, 0.2) is 41.3 Å². The predicted octanol–water partition coefficient (Wildman–Crippen LogP) is 3.39. The monoisotopic (exact) mass is 372 g/mol. The number of likely N-dealkylation sites (tertiary alicyclic amines) is 1. The predicted molar refractivity (Wildman–Crippen MR) is 103 cm³/mol. The van der Waals surface area contributed by atoms with Gasteiger partial charge in [-0.15, -0.1) is 0 Å². The van der Waals surface area contributed by atoms with Crippen LogP contribution in [0.3, 0.4) is 0 Å². The summed E-state index contributed by atoms with van der Waals surface area (Å²) in [6.45, 7) is 4.17. The van der Waals surface area contributed by atoms with Crippen molar-refractivity contribution >= 4 is 32.4 Å². The van der Waals surface area contributed by atoms with Crippen LogP contribution < -0.4 is 4.31 Å². The van der Waals surface area contributed by atoms with Gasteiger partial charge in [-0.05, 0) is 42.7 Å². The van der Waals surface area contributed by atoms with E-state index in [-0.39, 0.29) is 5.91 Å². The first-order chi connectivity index (χ1) is 12.5. The molecule has 5 nitrogen and oxygen atoms in total. The standard InChI is InChI=1S/C20H24N2O3S/c1-15-6-4-12-21(14-15)19(23)11-5-13-22-17-9-2-7-16-8-3-10-18(20(16)17)26(22,24)25/h2-3,7-10,15H,4-6,11-14H2,1H3. The van der Waals surface area contributed by atoms with Crippen molar-refractivity contribution in [1.29, 1.82) is 0 Å². The summed E-state index contributed by atoms with van der Waals surface area (Å²) in [6.07, 6.45) is 3.17. The van der Waals surface area contributed by atoms with E-state index in [0.717, 1.165) is 36.0 Å². The SMILES string of the molecule is CC1CCCN(C(=O)CCCN2c3cccc4cccc(c34)S2(=O)=O)C1. The molecule has 0 aromatic heterocycles. The number of piperidine rings is 1. The van der Waals surface area contributed by atoms with E-state index in [0.29, 0.717) is 30.2 Å². The van der Waals surface area contributed by atoms with Gasteiger partial charge in [-0.1, -0.05) is 31.2 Å². The molecule has 1 fully saturated rings. The number of carbonyl (C=O) groups is 1. The average molecular weight is 372 g/mol. The molecule has 0 saturated carbocycles. The Morgan fingerprint density at radius 2 is 1.96 bits per heavy atom. The van der Waals surface area contributed by atoms with Gasteiger partial charge < -0.3 is 4.90 Å². The molecule has 2 heterocycles. The third-order valence-electron chi connectivity index (χ3n) is 5.44. The van der Waals surface area contributed by atoms with E-state index in [4.69, 9.17) is 0 Å². The Morgan fingerprint density at radius 3 is 2.73 bits per heavy atom. The third kappa shape index (κ3) is 2.86. The third-order valence-corrected chi connectivity index (χ3v) is 7.30. The van der Waals surface area contributed by atoms with Crippen LogP contribution in [0.5, 0.6) is 0 Å². The number of anilines is 1. The number of carbonyl (C=O) groups excluding carboxylic acids is 1. The Bertz CT molecular complexity index is 949. The second-order valence-electron chi connectivity index (χ2n) is 7.40. The summed E-state index contributed by atoms with van der Waals surface area (Å²) < 4.78 is 27.3. The van der Waals surface area contributed by atoms with Crippen LogP contribution >= 0.6 is 0 Å². The number of rotatable bonds is 4. The van der Waals surface area contributed by atoms with Gasteiger partial charge in [0.1, 0.15) is 0 Å². The first kappa shape index (κ1) is 17.3. The lowest BCUT2D eigenvalue weighted by atomic mass is 10.00. The minimum atomic E-state index is -3.52. The van der Waals surface area contributed by atoms with Gasteiger partial charge in [0.25, 0.3) is 10.0 Å². The second kappa shape index (κ2) is 6.58. The Hall–Kier alpha value is -2.08. The number of sulfonamides is 1. The molecule has 0 aliphatic carbocycles. The summed E-state index contributed by atoms with van der Waals surface area (Å²) in [7, 11) is -3.52. The molecule has 0 bridgehead atoms. The van der Waals surface area contributed by atoms with Crippen LogP contribution in [0, 0.1) is 5.92 Å². The Morgan fingerprint density at radius 1 is 1.19 bits per heavy atom. The maximum atomic E-state index is 12.9. The lowest BCUT2D eigenvalue weighted by Gasteiger charge is -2.31. The number of nitrogens with zero attached hydrogens (tertiary/aromatic N) is 2. The summed E-state index contributed by atoms with van der Waals surface area (Å²) >= 11 is 0. The smallest absolute Gasteiger partial charge is 0.265 e. The molecule has 0 radical (unpaired) electrons. The lowest BCUT2D eigenvalue weighted by Crippen LogP contribution is -2.39. The van der Waals surface area contributed by atoms with E-state index >= 15 is 0 Å². The van der Waals surface area contributed by atoms with E-state index in [1.165, 1.54) is 10.7 Å². The molecular weight excluding hydrogens is 348 g/mol. The highest BCUT2D eigenvalue weighted by atomic mass is 32.2. The minimum absolute atomic E-state index is 0.142. The van der Waals surface area contributed by atoms with Crippen LogP contribution in [-0.4, -0.2) is 38.9 Å².